The molecule has 3 nitrogen and oxygen atoms in total. The molecule has 0 amide bonds. The Hall–Kier alpha value is -1.04. The summed E-state index contributed by atoms with van der Waals surface area (Å²) in [5, 5.41) is 3.54. The molecule has 2 atom stereocenters. The summed E-state index contributed by atoms with van der Waals surface area (Å²) in [5.74, 6) is 0.269. The third-order valence-electron chi connectivity index (χ3n) is 2.92. The van der Waals surface area contributed by atoms with E-state index in [4.69, 9.17) is 5.73 Å². The first kappa shape index (κ1) is 10.5. The van der Waals surface area contributed by atoms with Crippen LogP contribution in [0.5, 0.6) is 0 Å². The van der Waals surface area contributed by atoms with Gasteiger partial charge in [0, 0.05) is 6.20 Å². The lowest BCUT2D eigenvalue weighted by Gasteiger charge is -2.35. The zero-order valence-corrected chi connectivity index (χ0v) is 8.04. The molecular formula is C9H12F3N3. The Kier molecular flexibility index (Phi) is 2.46. The first-order valence-corrected chi connectivity index (χ1v) is 4.85. The van der Waals surface area contributed by atoms with Gasteiger partial charge in [-0.2, -0.15) is 18.3 Å². The van der Waals surface area contributed by atoms with Crippen LogP contribution in [0.4, 0.5) is 13.2 Å². The molecule has 15 heavy (non-hydrogen) atoms. The zero-order chi connectivity index (χ0) is 11.1. The molecule has 2 unspecified atom stereocenters. The minimum absolute atomic E-state index is 0.0473. The summed E-state index contributed by atoms with van der Waals surface area (Å²) in [5.41, 5.74) is 4.66. The Morgan fingerprint density at radius 3 is 2.60 bits per heavy atom. The van der Waals surface area contributed by atoms with Gasteiger partial charge < -0.3 is 5.73 Å². The Balaban J connectivity index is 2.14. The first-order valence-electron chi connectivity index (χ1n) is 4.85. The van der Waals surface area contributed by atoms with Crippen LogP contribution >= 0.6 is 0 Å². The molecule has 0 bridgehead atoms. The molecule has 0 spiro atoms. The van der Waals surface area contributed by atoms with Gasteiger partial charge in [-0.1, -0.05) is 0 Å². The molecule has 1 aliphatic rings. The summed E-state index contributed by atoms with van der Waals surface area (Å²) < 4.78 is 38.2. The molecular weight excluding hydrogens is 207 g/mol. The highest BCUT2D eigenvalue weighted by molar-refractivity contribution is 5.05. The van der Waals surface area contributed by atoms with Gasteiger partial charge >= 0.3 is 6.18 Å². The van der Waals surface area contributed by atoms with Crippen molar-refractivity contribution in [3.05, 3.63) is 18.0 Å². The lowest BCUT2D eigenvalue weighted by molar-refractivity contribution is -0.141. The van der Waals surface area contributed by atoms with Crippen molar-refractivity contribution in [1.82, 2.24) is 9.78 Å². The van der Waals surface area contributed by atoms with Gasteiger partial charge in [0.15, 0.2) is 5.69 Å². The highest BCUT2D eigenvalue weighted by Crippen LogP contribution is 2.38. The fraction of sp³-hybridized carbons (Fsp3) is 0.667. The molecule has 0 radical (unpaired) electrons. The van der Waals surface area contributed by atoms with Crippen LogP contribution in [0, 0.1) is 5.92 Å². The van der Waals surface area contributed by atoms with Gasteiger partial charge in [0.1, 0.15) is 0 Å². The average molecular weight is 219 g/mol. The van der Waals surface area contributed by atoms with Crippen molar-refractivity contribution in [3.8, 4) is 0 Å². The number of aromatic nitrogens is 2. The summed E-state index contributed by atoms with van der Waals surface area (Å²) in [6.45, 7) is 0.506. The van der Waals surface area contributed by atoms with Crippen molar-refractivity contribution >= 4 is 0 Å². The number of nitrogens with zero attached hydrogens (tertiary/aromatic N) is 2. The van der Waals surface area contributed by atoms with Gasteiger partial charge in [0.2, 0.25) is 0 Å². The molecule has 1 aliphatic carbocycles. The topological polar surface area (TPSA) is 43.8 Å². The molecule has 0 aliphatic heterocycles. The van der Waals surface area contributed by atoms with Gasteiger partial charge in [0.05, 0.1) is 6.04 Å². The standard InChI is InChI=1S/C9H12F3N3/c10-9(11,12)8-3-4-15(14-8)7-2-1-6(7)5-13/h3-4,6-7H,1-2,5,13H2. The van der Waals surface area contributed by atoms with Crippen LogP contribution in [-0.2, 0) is 6.18 Å². The molecule has 84 valence electrons. The maximum absolute atomic E-state index is 12.3. The van der Waals surface area contributed by atoms with E-state index in [0.717, 1.165) is 18.9 Å². The van der Waals surface area contributed by atoms with Crippen LogP contribution in [0.2, 0.25) is 0 Å². The molecule has 1 heterocycles. The molecule has 2 rings (SSSR count). The van der Waals surface area contributed by atoms with E-state index < -0.39 is 11.9 Å². The Morgan fingerprint density at radius 1 is 1.47 bits per heavy atom. The van der Waals surface area contributed by atoms with E-state index in [-0.39, 0.29) is 12.0 Å². The van der Waals surface area contributed by atoms with Crippen LogP contribution in [0.15, 0.2) is 12.3 Å². The summed E-state index contributed by atoms with van der Waals surface area (Å²) in [6.07, 6.45) is -1.13. The van der Waals surface area contributed by atoms with Crippen LogP contribution in [0.25, 0.3) is 0 Å². The van der Waals surface area contributed by atoms with Gasteiger partial charge in [-0.25, -0.2) is 0 Å². The van der Waals surface area contributed by atoms with Gasteiger partial charge in [-0.3, -0.25) is 4.68 Å². The smallest absolute Gasteiger partial charge is 0.330 e. The molecule has 1 aromatic heterocycles. The van der Waals surface area contributed by atoms with E-state index in [1.54, 1.807) is 0 Å². The minimum atomic E-state index is -4.35. The SMILES string of the molecule is NCC1CCC1n1ccc(C(F)(F)F)n1. The van der Waals surface area contributed by atoms with Gasteiger partial charge in [-0.05, 0) is 31.4 Å². The van der Waals surface area contributed by atoms with Crippen LogP contribution < -0.4 is 5.73 Å². The third kappa shape index (κ3) is 1.86. The maximum Gasteiger partial charge on any atom is 0.435 e. The average Bonchev–Trinajstić information content (AvgIpc) is 2.51. The predicted octanol–water partition coefficient (Wildman–Crippen LogP) is 1.81. The first-order chi connectivity index (χ1) is 7.02. The van der Waals surface area contributed by atoms with Gasteiger partial charge in [-0.15, -0.1) is 0 Å². The van der Waals surface area contributed by atoms with E-state index in [9.17, 15) is 13.2 Å². The predicted molar refractivity (Wildman–Crippen MR) is 48.0 cm³/mol. The number of hydrogen-bond acceptors (Lipinski definition) is 2. The van der Waals surface area contributed by atoms with Crippen molar-refractivity contribution in [2.24, 2.45) is 11.7 Å². The normalized spacial score (nSPS) is 26.4. The molecule has 0 saturated heterocycles. The number of hydrogen-bond donors (Lipinski definition) is 1. The van der Waals surface area contributed by atoms with Crippen LogP contribution in [0.1, 0.15) is 24.6 Å². The van der Waals surface area contributed by atoms with Crippen LogP contribution in [0.3, 0.4) is 0 Å². The maximum atomic E-state index is 12.3. The van der Waals surface area contributed by atoms with E-state index >= 15 is 0 Å². The Bertz CT molecular complexity index is 343. The molecule has 0 aromatic carbocycles. The van der Waals surface area contributed by atoms with E-state index in [1.807, 2.05) is 0 Å². The highest BCUT2D eigenvalue weighted by atomic mass is 19.4. The molecule has 1 saturated carbocycles. The minimum Gasteiger partial charge on any atom is -0.330 e. The Labute approximate surface area is 85.1 Å². The van der Waals surface area contributed by atoms with Crippen molar-refractivity contribution in [3.63, 3.8) is 0 Å². The monoisotopic (exact) mass is 219 g/mol. The molecule has 6 heteroatoms. The molecule has 1 aromatic rings. The van der Waals surface area contributed by atoms with Crippen molar-refractivity contribution in [2.45, 2.75) is 25.1 Å². The second kappa shape index (κ2) is 3.52. The van der Waals surface area contributed by atoms with E-state index in [2.05, 4.69) is 5.10 Å². The summed E-state index contributed by atoms with van der Waals surface area (Å²) >= 11 is 0. The van der Waals surface area contributed by atoms with E-state index in [0.29, 0.717) is 6.54 Å². The second-order valence-electron chi connectivity index (χ2n) is 3.82. The quantitative estimate of drug-likeness (QED) is 0.824. The molecule has 1 fully saturated rings. The fourth-order valence-electron chi connectivity index (χ4n) is 1.85. The highest BCUT2D eigenvalue weighted by Gasteiger charge is 2.36. The van der Waals surface area contributed by atoms with Gasteiger partial charge in [0.25, 0.3) is 0 Å². The molecule has 2 N–H and O–H groups in total. The lowest BCUT2D eigenvalue weighted by atomic mass is 9.80. The third-order valence-corrected chi connectivity index (χ3v) is 2.92. The Morgan fingerprint density at radius 2 is 2.20 bits per heavy atom. The zero-order valence-electron chi connectivity index (χ0n) is 8.04. The second-order valence-corrected chi connectivity index (χ2v) is 3.82. The fourth-order valence-corrected chi connectivity index (χ4v) is 1.85. The van der Waals surface area contributed by atoms with E-state index in [1.165, 1.54) is 10.9 Å². The lowest BCUT2D eigenvalue weighted by Crippen LogP contribution is -2.34. The largest absolute Gasteiger partial charge is 0.435 e. The van der Waals surface area contributed by atoms with Crippen molar-refractivity contribution in [1.29, 1.82) is 0 Å². The summed E-state index contributed by atoms with van der Waals surface area (Å²) in [4.78, 5) is 0. The summed E-state index contributed by atoms with van der Waals surface area (Å²) in [7, 11) is 0. The number of nitrogens with two attached hydrogens (primary N) is 1. The number of halogens is 3. The van der Waals surface area contributed by atoms with Crippen molar-refractivity contribution in [2.75, 3.05) is 6.54 Å². The number of alkyl halides is 3. The van der Waals surface area contributed by atoms with Crippen LogP contribution in [-0.4, -0.2) is 16.3 Å². The summed E-state index contributed by atoms with van der Waals surface area (Å²) in [6, 6.07) is 1.05. The number of rotatable bonds is 2. The van der Waals surface area contributed by atoms with Crippen molar-refractivity contribution < 1.29 is 13.2 Å².